The van der Waals surface area contributed by atoms with Gasteiger partial charge in [0.25, 0.3) is 0 Å². The normalized spacial score (nSPS) is 10.7. The van der Waals surface area contributed by atoms with Gasteiger partial charge < -0.3 is 14.8 Å². The standard InChI is InChI=1S/C15H19NO2/c1-4-11-7-12(5-6-15(11)18-3)14-8-13(9-17)10(2)16-14/h5-8,16-17H,4,9H2,1-3H3. The third-order valence-corrected chi connectivity index (χ3v) is 3.27. The first-order valence-electron chi connectivity index (χ1n) is 6.16. The van der Waals surface area contributed by atoms with E-state index in [1.165, 1.54) is 5.56 Å². The molecule has 1 heterocycles. The molecule has 0 saturated carbocycles. The number of ether oxygens (including phenoxy) is 1. The molecule has 18 heavy (non-hydrogen) atoms. The number of aromatic amines is 1. The molecule has 0 aliphatic carbocycles. The van der Waals surface area contributed by atoms with Crippen LogP contribution >= 0.6 is 0 Å². The zero-order valence-electron chi connectivity index (χ0n) is 11.1. The summed E-state index contributed by atoms with van der Waals surface area (Å²) in [4.78, 5) is 3.30. The van der Waals surface area contributed by atoms with Crippen LogP contribution in [0, 0.1) is 6.92 Å². The zero-order chi connectivity index (χ0) is 13.1. The number of rotatable bonds is 4. The Hall–Kier alpha value is -1.74. The molecule has 0 spiro atoms. The molecule has 2 aromatic rings. The predicted molar refractivity (Wildman–Crippen MR) is 72.8 cm³/mol. The van der Waals surface area contributed by atoms with E-state index in [2.05, 4.69) is 18.0 Å². The smallest absolute Gasteiger partial charge is 0.122 e. The van der Waals surface area contributed by atoms with Crippen molar-refractivity contribution in [2.75, 3.05) is 7.11 Å². The summed E-state index contributed by atoms with van der Waals surface area (Å²) in [7, 11) is 1.69. The third-order valence-electron chi connectivity index (χ3n) is 3.27. The maximum absolute atomic E-state index is 9.22. The number of methoxy groups -OCH3 is 1. The van der Waals surface area contributed by atoms with Crippen molar-refractivity contribution in [3.8, 4) is 17.0 Å². The minimum atomic E-state index is 0.0686. The number of nitrogens with one attached hydrogen (secondary N) is 1. The highest BCUT2D eigenvalue weighted by Crippen LogP contribution is 2.27. The van der Waals surface area contributed by atoms with E-state index >= 15 is 0 Å². The quantitative estimate of drug-likeness (QED) is 0.869. The molecule has 0 amide bonds. The average molecular weight is 245 g/mol. The van der Waals surface area contributed by atoms with Gasteiger partial charge in [-0.25, -0.2) is 0 Å². The van der Waals surface area contributed by atoms with Gasteiger partial charge in [-0.05, 0) is 54.3 Å². The van der Waals surface area contributed by atoms with E-state index in [-0.39, 0.29) is 6.61 Å². The van der Waals surface area contributed by atoms with Crippen molar-refractivity contribution >= 4 is 0 Å². The molecule has 0 aliphatic rings. The van der Waals surface area contributed by atoms with Crippen LogP contribution in [0.5, 0.6) is 5.75 Å². The van der Waals surface area contributed by atoms with Crippen molar-refractivity contribution in [1.29, 1.82) is 0 Å². The highest BCUT2D eigenvalue weighted by molar-refractivity contribution is 5.64. The molecule has 0 radical (unpaired) electrons. The van der Waals surface area contributed by atoms with E-state index < -0.39 is 0 Å². The molecule has 1 aromatic heterocycles. The van der Waals surface area contributed by atoms with Gasteiger partial charge in [-0.3, -0.25) is 0 Å². The van der Waals surface area contributed by atoms with E-state index in [4.69, 9.17) is 4.74 Å². The Bertz CT molecular complexity index is 543. The van der Waals surface area contributed by atoms with Gasteiger partial charge in [-0.2, -0.15) is 0 Å². The van der Waals surface area contributed by atoms with Crippen LogP contribution in [-0.4, -0.2) is 17.2 Å². The number of hydrogen-bond donors (Lipinski definition) is 2. The number of H-pyrrole nitrogens is 1. The van der Waals surface area contributed by atoms with Gasteiger partial charge >= 0.3 is 0 Å². The van der Waals surface area contributed by atoms with Crippen LogP contribution in [0.2, 0.25) is 0 Å². The van der Waals surface area contributed by atoms with Gasteiger partial charge in [-0.1, -0.05) is 6.92 Å². The largest absolute Gasteiger partial charge is 0.496 e. The fraction of sp³-hybridized carbons (Fsp3) is 0.333. The van der Waals surface area contributed by atoms with Gasteiger partial charge in [0, 0.05) is 11.4 Å². The summed E-state index contributed by atoms with van der Waals surface area (Å²) < 4.78 is 5.33. The van der Waals surface area contributed by atoms with Crippen molar-refractivity contribution in [3.63, 3.8) is 0 Å². The first kappa shape index (κ1) is 12.7. The van der Waals surface area contributed by atoms with E-state index in [0.717, 1.165) is 34.7 Å². The number of benzene rings is 1. The Morgan fingerprint density at radius 2 is 2.00 bits per heavy atom. The van der Waals surface area contributed by atoms with Crippen molar-refractivity contribution in [2.24, 2.45) is 0 Å². The minimum absolute atomic E-state index is 0.0686. The maximum atomic E-state index is 9.22. The lowest BCUT2D eigenvalue weighted by Crippen LogP contribution is -1.91. The van der Waals surface area contributed by atoms with E-state index in [1.54, 1.807) is 7.11 Å². The molecule has 0 fully saturated rings. The number of aliphatic hydroxyl groups excluding tert-OH is 1. The molecule has 1 aromatic carbocycles. The van der Waals surface area contributed by atoms with Crippen LogP contribution in [0.3, 0.4) is 0 Å². The Balaban J connectivity index is 2.44. The van der Waals surface area contributed by atoms with E-state index in [1.807, 2.05) is 25.1 Å². The summed E-state index contributed by atoms with van der Waals surface area (Å²) in [6.45, 7) is 4.15. The molecule has 0 saturated heterocycles. The second-order valence-corrected chi connectivity index (χ2v) is 4.37. The highest BCUT2D eigenvalue weighted by atomic mass is 16.5. The fourth-order valence-electron chi connectivity index (χ4n) is 2.14. The second-order valence-electron chi connectivity index (χ2n) is 4.37. The number of hydrogen-bond acceptors (Lipinski definition) is 2. The van der Waals surface area contributed by atoms with Crippen LogP contribution in [0.1, 0.15) is 23.7 Å². The lowest BCUT2D eigenvalue weighted by molar-refractivity contribution is 0.281. The first-order valence-corrected chi connectivity index (χ1v) is 6.16. The third kappa shape index (κ3) is 2.27. The van der Waals surface area contributed by atoms with Crippen LogP contribution in [-0.2, 0) is 13.0 Å². The summed E-state index contributed by atoms with van der Waals surface area (Å²) in [6, 6.07) is 8.15. The molecule has 3 heteroatoms. The highest BCUT2D eigenvalue weighted by Gasteiger charge is 2.08. The molecular weight excluding hydrogens is 226 g/mol. The Morgan fingerprint density at radius 1 is 1.22 bits per heavy atom. The van der Waals surface area contributed by atoms with Gasteiger partial charge in [0.15, 0.2) is 0 Å². The Morgan fingerprint density at radius 3 is 2.56 bits per heavy atom. The van der Waals surface area contributed by atoms with Gasteiger partial charge in [0.2, 0.25) is 0 Å². The van der Waals surface area contributed by atoms with Crippen molar-refractivity contribution < 1.29 is 9.84 Å². The summed E-state index contributed by atoms with van der Waals surface area (Å²) in [5, 5.41) is 9.22. The molecular formula is C15H19NO2. The molecule has 0 bridgehead atoms. The molecule has 2 N–H and O–H groups in total. The van der Waals surface area contributed by atoms with Gasteiger partial charge in [-0.15, -0.1) is 0 Å². The number of aryl methyl sites for hydroxylation is 2. The number of aromatic nitrogens is 1. The van der Waals surface area contributed by atoms with Gasteiger partial charge in [0.05, 0.1) is 13.7 Å². The molecule has 0 atom stereocenters. The van der Waals surface area contributed by atoms with Crippen molar-refractivity contribution in [1.82, 2.24) is 4.98 Å². The first-order chi connectivity index (χ1) is 8.69. The molecule has 0 unspecified atom stereocenters. The summed E-state index contributed by atoms with van der Waals surface area (Å²) in [5.74, 6) is 0.923. The monoisotopic (exact) mass is 245 g/mol. The average Bonchev–Trinajstić information content (AvgIpc) is 2.79. The minimum Gasteiger partial charge on any atom is -0.496 e. The van der Waals surface area contributed by atoms with Crippen LogP contribution in [0.4, 0.5) is 0 Å². The van der Waals surface area contributed by atoms with Crippen LogP contribution in [0.15, 0.2) is 24.3 Å². The zero-order valence-corrected chi connectivity index (χ0v) is 11.1. The van der Waals surface area contributed by atoms with E-state index in [9.17, 15) is 5.11 Å². The van der Waals surface area contributed by atoms with Crippen LogP contribution in [0.25, 0.3) is 11.3 Å². The summed E-state index contributed by atoms with van der Waals surface area (Å²) >= 11 is 0. The number of aliphatic hydroxyl groups is 1. The summed E-state index contributed by atoms with van der Waals surface area (Å²) in [5.41, 5.74) is 5.30. The fourth-order valence-corrected chi connectivity index (χ4v) is 2.14. The van der Waals surface area contributed by atoms with Crippen molar-refractivity contribution in [2.45, 2.75) is 26.9 Å². The molecule has 3 nitrogen and oxygen atoms in total. The van der Waals surface area contributed by atoms with Crippen LogP contribution < -0.4 is 4.74 Å². The lowest BCUT2D eigenvalue weighted by atomic mass is 10.1. The van der Waals surface area contributed by atoms with E-state index in [0.29, 0.717) is 0 Å². The SMILES string of the molecule is CCc1cc(-c2cc(CO)c(C)[nH]2)ccc1OC. The molecule has 96 valence electrons. The predicted octanol–water partition coefficient (Wildman–Crippen LogP) is 3.05. The maximum Gasteiger partial charge on any atom is 0.122 e. The second kappa shape index (κ2) is 5.27. The van der Waals surface area contributed by atoms with Crippen molar-refractivity contribution in [3.05, 3.63) is 41.1 Å². The van der Waals surface area contributed by atoms with Gasteiger partial charge in [0.1, 0.15) is 5.75 Å². The Labute approximate surface area is 107 Å². The molecule has 0 aliphatic heterocycles. The lowest BCUT2D eigenvalue weighted by Gasteiger charge is -2.08. The Kier molecular flexibility index (Phi) is 3.72. The molecule has 2 rings (SSSR count). The topological polar surface area (TPSA) is 45.2 Å². The summed E-state index contributed by atoms with van der Waals surface area (Å²) in [6.07, 6.45) is 0.934.